The maximum Gasteiger partial charge on any atom is 0.270 e. The average Bonchev–Trinajstić information content (AvgIpc) is 2.71. The van der Waals surface area contributed by atoms with Crippen molar-refractivity contribution in [3.63, 3.8) is 0 Å². The molecule has 0 saturated heterocycles. The van der Waals surface area contributed by atoms with Gasteiger partial charge in [0.1, 0.15) is 23.2 Å². The molecule has 6 heteroatoms. The van der Waals surface area contributed by atoms with E-state index in [9.17, 15) is 9.18 Å². The smallest absolute Gasteiger partial charge is 0.270 e. The largest absolute Gasteiger partial charge is 0.350 e. The molecule has 0 aliphatic rings. The van der Waals surface area contributed by atoms with Crippen molar-refractivity contribution < 1.29 is 9.18 Å². The molecule has 1 heterocycles. The fourth-order valence-corrected chi connectivity index (χ4v) is 3.03. The molecule has 0 atom stereocenters. The Labute approximate surface area is 170 Å². The zero-order chi connectivity index (χ0) is 20.8. The van der Waals surface area contributed by atoms with Gasteiger partial charge in [-0.05, 0) is 32.4 Å². The van der Waals surface area contributed by atoms with Crippen molar-refractivity contribution in [3.05, 3.63) is 89.1 Å². The van der Waals surface area contributed by atoms with Crippen LogP contribution in [0.15, 0.2) is 60.7 Å². The molecular weight excluding hydrogens is 367 g/mol. The Morgan fingerprint density at radius 2 is 1.76 bits per heavy atom. The first-order valence-electron chi connectivity index (χ1n) is 9.62. The summed E-state index contributed by atoms with van der Waals surface area (Å²) in [5.41, 5.74) is 1.85. The molecule has 1 aromatic heterocycles. The highest BCUT2D eigenvalue weighted by Gasteiger charge is 2.17. The second-order valence-corrected chi connectivity index (χ2v) is 7.14. The van der Waals surface area contributed by atoms with Gasteiger partial charge < -0.3 is 10.2 Å². The van der Waals surface area contributed by atoms with Crippen LogP contribution in [0.1, 0.15) is 41.3 Å². The van der Waals surface area contributed by atoms with Gasteiger partial charge in [-0.3, -0.25) is 4.79 Å². The fourth-order valence-electron chi connectivity index (χ4n) is 3.03. The maximum absolute atomic E-state index is 13.8. The Balaban J connectivity index is 1.80. The van der Waals surface area contributed by atoms with Crippen molar-refractivity contribution in [1.29, 1.82) is 0 Å². The van der Waals surface area contributed by atoms with Gasteiger partial charge in [-0.1, -0.05) is 48.5 Å². The number of aryl methyl sites for hydroxylation is 1. The van der Waals surface area contributed by atoms with Crippen molar-refractivity contribution in [3.8, 4) is 0 Å². The quantitative estimate of drug-likeness (QED) is 0.652. The average molecular weight is 392 g/mol. The molecule has 0 fully saturated rings. The second kappa shape index (κ2) is 9.28. The molecule has 0 aliphatic carbocycles. The molecule has 1 amide bonds. The molecule has 2 aromatic carbocycles. The highest BCUT2D eigenvalue weighted by Crippen LogP contribution is 2.19. The minimum atomic E-state index is -0.358. The van der Waals surface area contributed by atoms with Gasteiger partial charge in [0.15, 0.2) is 0 Å². The number of hydrogen-bond acceptors (Lipinski definition) is 4. The first-order valence-corrected chi connectivity index (χ1v) is 9.62. The molecule has 0 spiro atoms. The van der Waals surface area contributed by atoms with E-state index >= 15 is 0 Å². The zero-order valence-electron chi connectivity index (χ0n) is 16.9. The molecule has 0 radical (unpaired) electrons. The number of amides is 1. The molecule has 0 unspecified atom stereocenters. The Morgan fingerprint density at radius 3 is 2.45 bits per heavy atom. The van der Waals surface area contributed by atoms with Crippen LogP contribution < -0.4 is 10.2 Å². The summed E-state index contributed by atoms with van der Waals surface area (Å²) in [7, 11) is 0. The number of carbonyl (C=O) groups excluding carboxylic acids is 1. The van der Waals surface area contributed by atoms with Crippen LogP contribution in [0.3, 0.4) is 0 Å². The number of nitrogens with one attached hydrogen (secondary N) is 1. The van der Waals surface area contributed by atoms with E-state index in [1.807, 2.05) is 18.2 Å². The summed E-state index contributed by atoms with van der Waals surface area (Å²) in [5, 5.41) is 2.74. The third-order valence-electron chi connectivity index (χ3n) is 4.57. The predicted molar refractivity (Wildman–Crippen MR) is 112 cm³/mol. The molecule has 150 valence electrons. The van der Waals surface area contributed by atoms with Crippen LogP contribution in [0.25, 0.3) is 0 Å². The lowest BCUT2D eigenvalue weighted by Gasteiger charge is -2.28. The zero-order valence-corrected chi connectivity index (χ0v) is 16.9. The number of benzene rings is 2. The molecule has 3 rings (SSSR count). The Hall–Kier alpha value is -3.28. The monoisotopic (exact) mass is 392 g/mol. The van der Waals surface area contributed by atoms with Gasteiger partial charge in [-0.25, -0.2) is 14.4 Å². The van der Waals surface area contributed by atoms with Gasteiger partial charge in [0.2, 0.25) is 0 Å². The van der Waals surface area contributed by atoms with E-state index < -0.39 is 0 Å². The maximum atomic E-state index is 13.8. The van der Waals surface area contributed by atoms with E-state index in [1.165, 1.54) is 6.07 Å². The lowest BCUT2D eigenvalue weighted by atomic mass is 10.2. The van der Waals surface area contributed by atoms with Gasteiger partial charge in [0.25, 0.3) is 5.91 Å². The minimum absolute atomic E-state index is 0.0990. The highest BCUT2D eigenvalue weighted by atomic mass is 19.1. The van der Waals surface area contributed by atoms with Crippen molar-refractivity contribution >= 4 is 11.7 Å². The lowest BCUT2D eigenvalue weighted by Crippen LogP contribution is -2.32. The van der Waals surface area contributed by atoms with E-state index in [4.69, 9.17) is 0 Å². The van der Waals surface area contributed by atoms with E-state index in [0.29, 0.717) is 23.8 Å². The Kier molecular flexibility index (Phi) is 6.54. The first kappa shape index (κ1) is 20.5. The van der Waals surface area contributed by atoms with Crippen LogP contribution in [-0.2, 0) is 13.1 Å². The molecule has 5 nitrogen and oxygen atoms in total. The summed E-state index contributed by atoms with van der Waals surface area (Å²) < 4.78 is 13.8. The van der Waals surface area contributed by atoms with Crippen LogP contribution in [0.5, 0.6) is 0 Å². The van der Waals surface area contributed by atoms with E-state index in [-0.39, 0.29) is 30.0 Å². The van der Waals surface area contributed by atoms with Gasteiger partial charge >= 0.3 is 0 Å². The molecule has 29 heavy (non-hydrogen) atoms. The number of carbonyl (C=O) groups is 1. The molecule has 3 aromatic rings. The molecule has 1 N–H and O–H groups in total. The number of rotatable bonds is 7. The number of aromatic nitrogens is 2. The minimum Gasteiger partial charge on any atom is -0.350 e. The second-order valence-electron chi connectivity index (χ2n) is 7.14. The van der Waals surface area contributed by atoms with Crippen molar-refractivity contribution in [2.75, 3.05) is 4.90 Å². The third kappa shape index (κ3) is 5.38. The van der Waals surface area contributed by atoms with Gasteiger partial charge in [0.05, 0.1) is 0 Å². The predicted octanol–water partition coefficient (Wildman–Crippen LogP) is 4.27. The normalized spacial score (nSPS) is 10.8. The van der Waals surface area contributed by atoms with Gasteiger partial charge in [-0.15, -0.1) is 0 Å². The van der Waals surface area contributed by atoms with Gasteiger partial charge in [-0.2, -0.15) is 0 Å². The summed E-state index contributed by atoms with van der Waals surface area (Å²) in [5.74, 6) is 0.495. The van der Waals surface area contributed by atoms with Crippen molar-refractivity contribution in [2.24, 2.45) is 0 Å². The van der Waals surface area contributed by atoms with E-state index in [2.05, 4.69) is 46.2 Å². The highest BCUT2D eigenvalue weighted by molar-refractivity contribution is 5.92. The van der Waals surface area contributed by atoms with Crippen molar-refractivity contribution in [1.82, 2.24) is 15.3 Å². The summed E-state index contributed by atoms with van der Waals surface area (Å²) in [4.78, 5) is 23.6. The first-order chi connectivity index (χ1) is 13.9. The number of nitrogens with zero attached hydrogens (tertiary/aromatic N) is 3. The molecular formula is C23H25FN4O. The summed E-state index contributed by atoms with van der Waals surface area (Å²) >= 11 is 0. The standard InChI is InChI=1S/C23H25FN4O/c1-16(2)28(15-18-9-5-4-6-10-18)22-13-21(26-17(3)27-22)23(29)25-14-19-11-7-8-12-20(19)24/h4-13,16H,14-15H2,1-3H3,(H,25,29). The van der Waals surface area contributed by atoms with Crippen LogP contribution in [-0.4, -0.2) is 21.9 Å². The van der Waals surface area contributed by atoms with Gasteiger partial charge in [0, 0.05) is 30.8 Å². The Bertz CT molecular complexity index is 976. The number of hydrogen-bond donors (Lipinski definition) is 1. The van der Waals surface area contributed by atoms with Crippen LogP contribution >= 0.6 is 0 Å². The topological polar surface area (TPSA) is 58.1 Å². The van der Waals surface area contributed by atoms with Crippen LogP contribution in [0, 0.1) is 12.7 Å². The summed E-state index contributed by atoms with van der Waals surface area (Å²) in [6.45, 7) is 6.70. The molecule has 0 saturated carbocycles. The fraction of sp³-hybridized carbons (Fsp3) is 0.261. The number of halogens is 1. The van der Waals surface area contributed by atoms with E-state index in [1.54, 1.807) is 31.2 Å². The summed E-state index contributed by atoms with van der Waals surface area (Å²) in [6, 6.07) is 18.3. The lowest BCUT2D eigenvalue weighted by molar-refractivity contribution is 0.0945. The van der Waals surface area contributed by atoms with Crippen molar-refractivity contribution in [2.45, 2.75) is 39.9 Å². The molecule has 0 aliphatic heterocycles. The summed E-state index contributed by atoms with van der Waals surface area (Å²) in [6.07, 6.45) is 0. The van der Waals surface area contributed by atoms with Crippen LogP contribution in [0.4, 0.5) is 10.2 Å². The van der Waals surface area contributed by atoms with Crippen LogP contribution in [0.2, 0.25) is 0 Å². The number of anilines is 1. The molecule has 0 bridgehead atoms. The Morgan fingerprint density at radius 1 is 1.07 bits per heavy atom. The third-order valence-corrected chi connectivity index (χ3v) is 4.57. The van der Waals surface area contributed by atoms with E-state index in [0.717, 1.165) is 5.56 Å². The SMILES string of the molecule is Cc1nc(C(=O)NCc2ccccc2F)cc(N(Cc2ccccc2)C(C)C)n1.